The van der Waals surface area contributed by atoms with Crippen LogP contribution in [0.4, 0.5) is 0 Å². The maximum atomic E-state index is 10.9. The molecule has 0 aliphatic heterocycles. The van der Waals surface area contributed by atoms with Crippen LogP contribution in [-0.4, -0.2) is 46.8 Å². The van der Waals surface area contributed by atoms with Crippen LogP contribution in [0.3, 0.4) is 0 Å². The van der Waals surface area contributed by atoms with E-state index in [0.717, 1.165) is 25.1 Å². The lowest BCUT2D eigenvalue weighted by Gasteiger charge is -2.23. The molecule has 0 saturated heterocycles. The summed E-state index contributed by atoms with van der Waals surface area (Å²) < 4.78 is 24.3. The largest absolute Gasteiger partial charge is 0.356 e. The second-order valence-corrected chi connectivity index (χ2v) is 8.50. The number of sulfonamides is 1. The molecule has 1 unspecified atom stereocenters. The van der Waals surface area contributed by atoms with Crippen LogP contribution >= 0.6 is 0 Å². The smallest absolute Gasteiger partial charge is 0.208 e. The molecule has 0 saturated carbocycles. The molecule has 0 heterocycles. The molecule has 0 aromatic carbocycles. The lowest BCUT2D eigenvalue weighted by Crippen LogP contribution is -2.43. The van der Waals surface area contributed by atoms with Crippen molar-refractivity contribution in [1.82, 2.24) is 15.4 Å². The molecule has 3 N–H and O–H groups in total. The van der Waals surface area contributed by atoms with Crippen molar-refractivity contribution in [3.05, 3.63) is 0 Å². The van der Waals surface area contributed by atoms with Gasteiger partial charge in [0.1, 0.15) is 0 Å². The van der Waals surface area contributed by atoms with E-state index >= 15 is 0 Å². The fraction of sp³-hybridized carbons (Fsp3) is 0.929. The average Bonchev–Trinajstić information content (AvgIpc) is 2.32. The van der Waals surface area contributed by atoms with Gasteiger partial charge >= 0.3 is 0 Å². The summed E-state index contributed by atoms with van der Waals surface area (Å²) in [6, 6.07) is 0.351. The highest BCUT2D eigenvalue weighted by Gasteiger charge is 2.13. The minimum atomic E-state index is -3.09. The van der Waals surface area contributed by atoms with Crippen molar-refractivity contribution in [3.8, 4) is 0 Å². The standard InChI is InChI=1S/C14H32N4O2S/c1-12(8-9-14(2,3)4)18-13(15-5)16-10-7-11-17-21(6,19)20/h12,17H,7-11H2,1-6H3,(H2,15,16,18). The number of rotatable bonds is 8. The Morgan fingerprint density at radius 1 is 1.24 bits per heavy atom. The van der Waals surface area contributed by atoms with Crippen molar-refractivity contribution in [2.75, 3.05) is 26.4 Å². The molecular weight excluding hydrogens is 288 g/mol. The maximum absolute atomic E-state index is 10.9. The first-order valence-corrected chi connectivity index (χ1v) is 9.34. The van der Waals surface area contributed by atoms with Crippen molar-refractivity contribution in [2.24, 2.45) is 10.4 Å². The minimum Gasteiger partial charge on any atom is -0.356 e. The van der Waals surface area contributed by atoms with Crippen LogP contribution in [0.25, 0.3) is 0 Å². The second-order valence-electron chi connectivity index (χ2n) is 6.66. The van der Waals surface area contributed by atoms with Crippen molar-refractivity contribution in [2.45, 2.75) is 53.0 Å². The number of guanidine groups is 1. The van der Waals surface area contributed by atoms with E-state index in [1.165, 1.54) is 0 Å². The Hall–Kier alpha value is -0.820. The Morgan fingerprint density at radius 2 is 1.86 bits per heavy atom. The number of hydrogen-bond acceptors (Lipinski definition) is 3. The topological polar surface area (TPSA) is 82.6 Å². The molecule has 0 aliphatic rings. The number of nitrogens with zero attached hydrogens (tertiary/aromatic N) is 1. The van der Waals surface area contributed by atoms with Gasteiger partial charge in [-0.05, 0) is 31.6 Å². The van der Waals surface area contributed by atoms with E-state index in [9.17, 15) is 8.42 Å². The van der Waals surface area contributed by atoms with E-state index in [-0.39, 0.29) is 0 Å². The summed E-state index contributed by atoms with van der Waals surface area (Å²) in [5.74, 6) is 0.760. The van der Waals surface area contributed by atoms with Gasteiger partial charge in [0.05, 0.1) is 6.26 Å². The molecule has 0 aromatic rings. The predicted molar refractivity (Wildman–Crippen MR) is 90.1 cm³/mol. The zero-order valence-corrected chi connectivity index (χ0v) is 15.1. The van der Waals surface area contributed by atoms with Gasteiger partial charge in [-0.2, -0.15) is 0 Å². The van der Waals surface area contributed by atoms with E-state index in [0.29, 0.717) is 31.0 Å². The SMILES string of the molecule is CN=C(NCCCNS(C)(=O)=O)NC(C)CCC(C)(C)C. The molecular formula is C14H32N4O2S. The van der Waals surface area contributed by atoms with Crippen molar-refractivity contribution in [3.63, 3.8) is 0 Å². The Kier molecular flexibility index (Phi) is 8.89. The van der Waals surface area contributed by atoms with E-state index in [1.807, 2.05) is 0 Å². The monoisotopic (exact) mass is 320 g/mol. The van der Waals surface area contributed by atoms with Crippen LogP contribution in [0.15, 0.2) is 4.99 Å². The molecule has 0 bridgehead atoms. The molecule has 0 radical (unpaired) electrons. The normalized spacial score (nSPS) is 14.9. The lowest BCUT2D eigenvalue weighted by atomic mass is 9.89. The van der Waals surface area contributed by atoms with Gasteiger partial charge in [-0.3, -0.25) is 4.99 Å². The highest BCUT2D eigenvalue weighted by Crippen LogP contribution is 2.21. The maximum Gasteiger partial charge on any atom is 0.208 e. The molecule has 0 rings (SSSR count). The predicted octanol–water partition coefficient (Wildman–Crippen LogP) is 1.31. The summed E-state index contributed by atoms with van der Waals surface area (Å²) in [6.45, 7) is 9.96. The molecule has 0 fully saturated rings. The first-order chi connectivity index (χ1) is 9.53. The molecule has 0 aromatic heterocycles. The Bertz CT molecular complexity index is 413. The highest BCUT2D eigenvalue weighted by atomic mass is 32.2. The Balaban J connectivity index is 3.91. The van der Waals surface area contributed by atoms with Crippen LogP contribution in [-0.2, 0) is 10.0 Å². The van der Waals surface area contributed by atoms with Gasteiger partial charge in [-0.25, -0.2) is 13.1 Å². The second kappa shape index (κ2) is 9.25. The molecule has 1 atom stereocenters. The van der Waals surface area contributed by atoms with Crippen molar-refractivity contribution in [1.29, 1.82) is 0 Å². The summed E-state index contributed by atoms with van der Waals surface area (Å²) in [6.07, 6.45) is 4.11. The molecule has 0 spiro atoms. The fourth-order valence-corrected chi connectivity index (χ4v) is 2.22. The van der Waals surface area contributed by atoms with Crippen LogP contribution < -0.4 is 15.4 Å². The third-order valence-electron chi connectivity index (χ3n) is 2.94. The highest BCUT2D eigenvalue weighted by molar-refractivity contribution is 7.88. The van der Waals surface area contributed by atoms with Crippen molar-refractivity contribution >= 4 is 16.0 Å². The van der Waals surface area contributed by atoms with Crippen molar-refractivity contribution < 1.29 is 8.42 Å². The van der Waals surface area contributed by atoms with Gasteiger partial charge < -0.3 is 10.6 Å². The number of nitrogens with one attached hydrogen (secondary N) is 3. The Labute approximate surface area is 130 Å². The minimum absolute atomic E-state index is 0.338. The zero-order valence-electron chi connectivity index (χ0n) is 14.3. The molecule has 0 aliphatic carbocycles. The quantitative estimate of drug-likeness (QED) is 0.358. The fourth-order valence-electron chi connectivity index (χ4n) is 1.70. The third kappa shape index (κ3) is 13.9. The summed E-state index contributed by atoms with van der Waals surface area (Å²) in [5, 5.41) is 6.53. The van der Waals surface area contributed by atoms with Gasteiger partial charge in [0, 0.05) is 26.2 Å². The summed E-state index contributed by atoms with van der Waals surface area (Å²) in [5.41, 5.74) is 0.338. The lowest BCUT2D eigenvalue weighted by molar-refractivity contribution is 0.346. The summed E-state index contributed by atoms with van der Waals surface area (Å²) >= 11 is 0. The van der Waals surface area contributed by atoms with Gasteiger partial charge in [0.2, 0.25) is 10.0 Å². The molecule has 21 heavy (non-hydrogen) atoms. The van der Waals surface area contributed by atoms with Crippen LogP contribution in [0.2, 0.25) is 0 Å². The molecule has 126 valence electrons. The van der Waals surface area contributed by atoms with Gasteiger partial charge in [0.25, 0.3) is 0 Å². The first-order valence-electron chi connectivity index (χ1n) is 7.45. The molecule has 6 nitrogen and oxygen atoms in total. The number of hydrogen-bond donors (Lipinski definition) is 3. The molecule has 0 amide bonds. The Morgan fingerprint density at radius 3 is 2.33 bits per heavy atom. The average molecular weight is 321 g/mol. The number of aliphatic imine (C=N–C) groups is 1. The first kappa shape index (κ1) is 20.2. The van der Waals surface area contributed by atoms with Gasteiger partial charge in [-0.1, -0.05) is 20.8 Å². The molecule has 7 heteroatoms. The zero-order chi connectivity index (χ0) is 16.5. The third-order valence-corrected chi connectivity index (χ3v) is 3.67. The summed E-state index contributed by atoms with van der Waals surface area (Å²) in [4.78, 5) is 4.17. The van der Waals surface area contributed by atoms with Crippen LogP contribution in [0, 0.1) is 5.41 Å². The van der Waals surface area contributed by atoms with Crippen LogP contribution in [0.5, 0.6) is 0 Å². The van der Waals surface area contributed by atoms with Gasteiger partial charge in [-0.15, -0.1) is 0 Å². The van der Waals surface area contributed by atoms with E-state index in [2.05, 4.69) is 48.0 Å². The van der Waals surface area contributed by atoms with Crippen LogP contribution in [0.1, 0.15) is 47.0 Å². The van der Waals surface area contributed by atoms with Gasteiger partial charge in [0.15, 0.2) is 5.96 Å². The van der Waals surface area contributed by atoms with E-state index in [1.54, 1.807) is 7.05 Å². The van der Waals surface area contributed by atoms with E-state index < -0.39 is 10.0 Å². The summed E-state index contributed by atoms with van der Waals surface area (Å²) in [7, 11) is -1.36. The van der Waals surface area contributed by atoms with E-state index in [4.69, 9.17) is 0 Å².